The standard InChI is InChI=1S/C28H17Br/c29-25-17-16-24-26-22(25)12-7-13-23(26)27-20(18-8-3-1-4-9-18)14-15-21(28(24)27)19-10-5-2-6-11-19/h1-17H. The zero-order valence-corrected chi connectivity index (χ0v) is 17.3. The third-order valence-corrected chi connectivity index (χ3v) is 6.59. The Bertz CT molecular complexity index is 1310. The molecule has 6 rings (SSSR count). The van der Waals surface area contributed by atoms with Gasteiger partial charge in [0.25, 0.3) is 0 Å². The van der Waals surface area contributed by atoms with Crippen molar-refractivity contribution in [1.82, 2.24) is 0 Å². The van der Waals surface area contributed by atoms with Crippen LogP contribution >= 0.6 is 15.9 Å². The lowest BCUT2D eigenvalue weighted by Gasteiger charge is -2.15. The van der Waals surface area contributed by atoms with E-state index >= 15 is 0 Å². The number of benzene rings is 5. The van der Waals surface area contributed by atoms with Gasteiger partial charge in [-0.15, -0.1) is 0 Å². The molecule has 0 saturated carbocycles. The highest BCUT2D eigenvalue weighted by molar-refractivity contribution is 9.10. The Balaban J connectivity index is 1.78. The summed E-state index contributed by atoms with van der Waals surface area (Å²) in [4.78, 5) is 0. The molecule has 0 aromatic heterocycles. The van der Waals surface area contributed by atoms with Crippen molar-refractivity contribution in [3.05, 3.63) is 108 Å². The van der Waals surface area contributed by atoms with Gasteiger partial charge >= 0.3 is 0 Å². The minimum absolute atomic E-state index is 1.15. The summed E-state index contributed by atoms with van der Waals surface area (Å²) in [6.07, 6.45) is 0. The van der Waals surface area contributed by atoms with Gasteiger partial charge in [-0.25, -0.2) is 0 Å². The average Bonchev–Trinajstić information content (AvgIpc) is 3.13. The molecule has 136 valence electrons. The van der Waals surface area contributed by atoms with Crippen molar-refractivity contribution >= 4 is 26.7 Å². The van der Waals surface area contributed by atoms with Crippen molar-refractivity contribution < 1.29 is 0 Å². The molecule has 5 aromatic carbocycles. The Morgan fingerprint density at radius 2 is 0.931 bits per heavy atom. The van der Waals surface area contributed by atoms with E-state index in [-0.39, 0.29) is 0 Å². The van der Waals surface area contributed by atoms with E-state index in [1.807, 2.05) is 0 Å². The normalized spacial score (nSPS) is 11.6. The van der Waals surface area contributed by atoms with Crippen LogP contribution in [-0.4, -0.2) is 0 Å². The van der Waals surface area contributed by atoms with E-state index in [0.29, 0.717) is 0 Å². The van der Waals surface area contributed by atoms with E-state index < -0.39 is 0 Å². The van der Waals surface area contributed by atoms with E-state index in [1.165, 1.54) is 55.3 Å². The number of halogens is 1. The third-order valence-electron chi connectivity index (χ3n) is 5.90. The predicted octanol–water partition coefficient (Wildman–Crippen LogP) is 8.58. The molecule has 29 heavy (non-hydrogen) atoms. The fourth-order valence-electron chi connectivity index (χ4n) is 4.67. The Morgan fingerprint density at radius 3 is 1.52 bits per heavy atom. The number of rotatable bonds is 2. The fraction of sp³-hybridized carbons (Fsp3) is 0. The van der Waals surface area contributed by atoms with Gasteiger partial charge in [0.2, 0.25) is 0 Å². The number of hydrogen-bond acceptors (Lipinski definition) is 0. The Kier molecular flexibility index (Phi) is 3.72. The van der Waals surface area contributed by atoms with E-state index in [0.717, 1.165) is 4.47 Å². The van der Waals surface area contributed by atoms with Crippen molar-refractivity contribution in [3.8, 4) is 44.5 Å². The van der Waals surface area contributed by atoms with Gasteiger partial charge in [-0.2, -0.15) is 0 Å². The Morgan fingerprint density at radius 1 is 0.414 bits per heavy atom. The molecule has 0 aliphatic heterocycles. The predicted molar refractivity (Wildman–Crippen MR) is 127 cm³/mol. The van der Waals surface area contributed by atoms with Crippen LogP contribution in [0.2, 0.25) is 0 Å². The summed E-state index contributed by atoms with van der Waals surface area (Å²) < 4.78 is 1.15. The molecule has 0 amide bonds. The highest BCUT2D eigenvalue weighted by Crippen LogP contribution is 2.55. The van der Waals surface area contributed by atoms with Gasteiger partial charge < -0.3 is 0 Å². The molecular formula is C28H17Br. The molecule has 1 heteroatoms. The Hall–Kier alpha value is -3.16. The largest absolute Gasteiger partial charge is 0.0622 e. The van der Waals surface area contributed by atoms with Gasteiger partial charge in [0.1, 0.15) is 0 Å². The quantitative estimate of drug-likeness (QED) is 0.257. The summed E-state index contributed by atoms with van der Waals surface area (Å²) in [5, 5.41) is 2.62. The molecule has 5 aromatic rings. The van der Waals surface area contributed by atoms with Crippen LogP contribution in [0.3, 0.4) is 0 Å². The summed E-state index contributed by atoms with van der Waals surface area (Å²) >= 11 is 3.76. The lowest BCUT2D eigenvalue weighted by atomic mass is 9.88. The monoisotopic (exact) mass is 432 g/mol. The van der Waals surface area contributed by atoms with E-state index in [2.05, 4.69) is 119 Å². The lowest BCUT2D eigenvalue weighted by molar-refractivity contribution is 1.59. The first-order chi connectivity index (χ1) is 14.3. The molecule has 0 radical (unpaired) electrons. The Labute approximate surface area is 178 Å². The summed E-state index contributed by atoms with van der Waals surface area (Å²) in [6.45, 7) is 0. The number of hydrogen-bond donors (Lipinski definition) is 0. The van der Waals surface area contributed by atoms with Crippen molar-refractivity contribution in [1.29, 1.82) is 0 Å². The summed E-state index contributed by atoms with van der Waals surface area (Å²) in [6, 6.07) is 37.1. The maximum absolute atomic E-state index is 3.76. The van der Waals surface area contributed by atoms with Crippen molar-refractivity contribution in [2.75, 3.05) is 0 Å². The molecule has 0 heterocycles. The third kappa shape index (κ3) is 2.44. The van der Waals surface area contributed by atoms with Crippen LogP contribution in [-0.2, 0) is 0 Å². The zero-order chi connectivity index (χ0) is 19.4. The van der Waals surface area contributed by atoms with Crippen molar-refractivity contribution in [3.63, 3.8) is 0 Å². The molecule has 0 unspecified atom stereocenters. The summed E-state index contributed by atoms with van der Waals surface area (Å²) in [5.74, 6) is 0. The molecule has 1 aliphatic rings. The minimum Gasteiger partial charge on any atom is -0.0622 e. The van der Waals surface area contributed by atoms with Gasteiger partial charge in [-0.1, -0.05) is 113 Å². The molecule has 0 atom stereocenters. The average molecular weight is 433 g/mol. The van der Waals surface area contributed by atoms with E-state index in [4.69, 9.17) is 0 Å². The highest BCUT2D eigenvalue weighted by Gasteiger charge is 2.27. The van der Waals surface area contributed by atoms with Crippen LogP contribution in [0.25, 0.3) is 55.3 Å². The van der Waals surface area contributed by atoms with Crippen LogP contribution in [0.15, 0.2) is 108 Å². The second-order valence-electron chi connectivity index (χ2n) is 7.47. The smallest absolute Gasteiger partial charge is 0.0254 e. The molecule has 0 saturated heterocycles. The van der Waals surface area contributed by atoms with E-state index in [1.54, 1.807) is 0 Å². The first-order valence-electron chi connectivity index (χ1n) is 9.83. The summed E-state index contributed by atoms with van der Waals surface area (Å²) in [5.41, 5.74) is 10.4. The van der Waals surface area contributed by atoms with Gasteiger partial charge in [0.15, 0.2) is 0 Å². The van der Waals surface area contributed by atoms with Crippen LogP contribution in [0.4, 0.5) is 0 Å². The van der Waals surface area contributed by atoms with Gasteiger partial charge in [-0.05, 0) is 61.3 Å². The molecule has 0 spiro atoms. The molecule has 0 N–H and O–H groups in total. The second-order valence-corrected chi connectivity index (χ2v) is 8.32. The first-order valence-corrected chi connectivity index (χ1v) is 10.6. The zero-order valence-electron chi connectivity index (χ0n) is 15.7. The molecule has 0 fully saturated rings. The highest BCUT2D eigenvalue weighted by atomic mass is 79.9. The topological polar surface area (TPSA) is 0 Å². The molecule has 0 bridgehead atoms. The summed E-state index contributed by atoms with van der Waals surface area (Å²) in [7, 11) is 0. The van der Waals surface area contributed by atoms with Crippen LogP contribution in [0, 0.1) is 0 Å². The van der Waals surface area contributed by atoms with Crippen LogP contribution in [0.1, 0.15) is 0 Å². The lowest BCUT2D eigenvalue weighted by Crippen LogP contribution is -1.89. The molecule has 0 nitrogen and oxygen atoms in total. The van der Waals surface area contributed by atoms with Crippen LogP contribution < -0.4 is 0 Å². The van der Waals surface area contributed by atoms with Gasteiger partial charge in [0.05, 0.1) is 0 Å². The van der Waals surface area contributed by atoms with Crippen LogP contribution in [0.5, 0.6) is 0 Å². The molecular weight excluding hydrogens is 416 g/mol. The maximum Gasteiger partial charge on any atom is 0.0254 e. The number of fused-ring (bicyclic) bond motifs is 3. The van der Waals surface area contributed by atoms with Gasteiger partial charge in [-0.3, -0.25) is 0 Å². The van der Waals surface area contributed by atoms with Gasteiger partial charge in [0, 0.05) is 4.47 Å². The van der Waals surface area contributed by atoms with Crippen molar-refractivity contribution in [2.24, 2.45) is 0 Å². The first kappa shape index (κ1) is 16.8. The second kappa shape index (κ2) is 6.43. The molecule has 1 aliphatic carbocycles. The van der Waals surface area contributed by atoms with E-state index in [9.17, 15) is 0 Å². The fourth-order valence-corrected chi connectivity index (χ4v) is 5.13. The minimum atomic E-state index is 1.15. The SMILES string of the molecule is Brc1ccc2c3c(cccc13)-c1c(-c3ccccc3)ccc(-c3ccccc3)c1-2. The van der Waals surface area contributed by atoms with Crippen molar-refractivity contribution in [2.45, 2.75) is 0 Å². The maximum atomic E-state index is 3.76.